The Kier molecular flexibility index (Phi) is 6.75. The van der Waals surface area contributed by atoms with Crippen molar-refractivity contribution >= 4 is 22.8 Å². The predicted octanol–water partition coefficient (Wildman–Crippen LogP) is 2.41. The normalized spacial score (nSPS) is 11.4. The molecule has 2 aromatic heterocycles. The summed E-state index contributed by atoms with van der Waals surface area (Å²) >= 11 is 0. The highest BCUT2D eigenvalue weighted by Gasteiger charge is 2.14. The number of hydrogen-bond donors (Lipinski definition) is 2. The maximum atomic E-state index is 11.6. The lowest BCUT2D eigenvalue weighted by molar-refractivity contribution is -0.123. The zero-order valence-corrected chi connectivity index (χ0v) is 15.6. The summed E-state index contributed by atoms with van der Waals surface area (Å²) in [5.74, 6) is 1.44. The molecule has 7 nitrogen and oxygen atoms in total. The second kappa shape index (κ2) is 8.80. The molecule has 2 heterocycles. The molecule has 138 valence electrons. The second-order valence-electron chi connectivity index (χ2n) is 6.49. The smallest absolute Gasteiger partial charge is 0.222 e. The minimum atomic E-state index is 0.0221. The van der Waals surface area contributed by atoms with Crippen LogP contribution in [0.4, 0.5) is 5.82 Å². The van der Waals surface area contributed by atoms with Crippen molar-refractivity contribution in [1.82, 2.24) is 19.9 Å². The van der Waals surface area contributed by atoms with E-state index < -0.39 is 0 Å². The molecule has 0 aliphatic heterocycles. The second-order valence-corrected chi connectivity index (χ2v) is 6.49. The number of unbranched alkanes of at least 4 members (excludes halogenated alkanes) is 1. The largest absolute Gasteiger partial charge is 0.382 e. The van der Waals surface area contributed by atoms with Gasteiger partial charge in [-0.05, 0) is 32.8 Å². The predicted molar refractivity (Wildman–Crippen MR) is 99.1 cm³/mol. The van der Waals surface area contributed by atoms with Gasteiger partial charge in [-0.1, -0.05) is 13.8 Å². The molecule has 0 unspecified atom stereocenters. The first-order valence-electron chi connectivity index (χ1n) is 8.91. The van der Waals surface area contributed by atoms with E-state index in [0.717, 1.165) is 41.9 Å². The molecule has 0 spiro atoms. The van der Waals surface area contributed by atoms with Crippen molar-refractivity contribution in [3.8, 4) is 0 Å². The van der Waals surface area contributed by atoms with E-state index in [9.17, 15) is 4.79 Å². The number of nitrogens with one attached hydrogen (secondary N) is 1. The highest BCUT2D eigenvalue weighted by Crippen LogP contribution is 2.22. The summed E-state index contributed by atoms with van der Waals surface area (Å²) < 4.78 is 7.70. The fourth-order valence-corrected chi connectivity index (χ4v) is 2.69. The molecule has 0 aliphatic rings. The number of ether oxygens (including phenoxy) is 1. The number of aromatic nitrogens is 3. The number of nitrogens with two attached hydrogens (primary N) is 1. The lowest BCUT2D eigenvalue weighted by atomic mass is 10.2. The zero-order valence-electron chi connectivity index (χ0n) is 15.6. The molecule has 0 aromatic carbocycles. The molecule has 2 rings (SSSR count). The van der Waals surface area contributed by atoms with Gasteiger partial charge < -0.3 is 20.4 Å². The number of carbonyl (C=O) groups excluding carboxylic acids is 1. The number of pyridine rings is 1. The Balaban J connectivity index is 2.08. The van der Waals surface area contributed by atoms with Gasteiger partial charge in [-0.25, -0.2) is 9.97 Å². The van der Waals surface area contributed by atoms with Crippen LogP contribution < -0.4 is 11.1 Å². The molecule has 0 saturated heterocycles. The van der Waals surface area contributed by atoms with Crippen LogP contribution in [0.1, 0.15) is 45.1 Å². The van der Waals surface area contributed by atoms with Crippen LogP contribution in [0, 0.1) is 12.8 Å². The minimum absolute atomic E-state index is 0.0221. The summed E-state index contributed by atoms with van der Waals surface area (Å²) in [4.78, 5) is 20.5. The SMILES string of the molecule is CCOCc1nc2c(N)nc(C)cc2n1CCCCNC(=O)C(C)C. The van der Waals surface area contributed by atoms with Crippen molar-refractivity contribution in [3.63, 3.8) is 0 Å². The van der Waals surface area contributed by atoms with Crippen molar-refractivity contribution in [1.29, 1.82) is 0 Å². The third-order valence-electron chi connectivity index (χ3n) is 4.04. The van der Waals surface area contributed by atoms with Crippen molar-refractivity contribution in [2.45, 2.75) is 53.7 Å². The molecular weight excluding hydrogens is 318 g/mol. The first-order valence-corrected chi connectivity index (χ1v) is 8.91. The van der Waals surface area contributed by atoms with E-state index in [1.165, 1.54) is 0 Å². The van der Waals surface area contributed by atoms with E-state index in [-0.39, 0.29) is 11.8 Å². The Morgan fingerprint density at radius 2 is 2.12 bits per heavy atom. The van der Waals surface area contributed by atoms with Gasteiger partial charge in [0.05, 0.1) is 5.52 Å². The molecule has 3 N–H and O–H groups in total. The molecule has 0 radical (unpaired) electrons. The molecule has 0 atom stereocenters. The number of nitrogens with zero attached hydrogens (tertiary/aromatic N) is 3. The van der Waals surface area contributed by atoms with E-state index in [2.05, 4.69) is 19.9 Å². The average Bonchev–Trinajstić information content (AvgIpc) is 2.90. The van der Waals surface area contributed by atoms with Gasteiger partial charge in [0, 0.05) is 31.3 Å². The Morgan fingerprint density at radius 1 is 1.36 bits per heavy atom. The van der Waals surface area contributed by atoms with Gasteiger partial charge in [0.2, 0.25) is 5.91 Å². The van der Waals surface area contributed by atoms with Gasteiger partial charge in [0.15, 0.2) is 5.82 Å². The van der Waals surface area contributed by atoms with Crippen molar-refractivity contribution in [2.24, 2.45) is 5.92 Å². The van der Waals surface area contributed by atoms with Crippen molar-refractivity contribution in [2.75, 3.05) is 18.9 Å². The molecule has 25 heavy (non-hydrogen) atoms. The van der Waals surface area contributed by atoms with Crippen molar-refractivity contribution in [3.05, 3.63) is 17.6 Å². The zero-order chi connectivity index (χ0) is 18.4. The van der Waals surface area contributed by atoms with Crippen LogP contribution in [-0.4, -0.2) is 33.6 Å². The maximum Gasteiger partial charge on any atom is 0.222 e. The summed E-state index contributed by atoms with van der Waals surface area (Å²) in [5, 5.41) is 2.95. The van der Waals surface area contributed by atoms with Gasteiger partial charge in [-0.3, -0.25) is 4.79 Å². The Morgan fingerprint density at radius 3 is 2.80 bits per heavy atom. The van der Waals surface area contributed by atoms with Gasteiger partial charge in [-0.15, -0.1) is 0 Å². The van der Waals surface area contributed by atoms with Crippen LogP contribution in [0.5, 0.6) is 0 Å². The van der Waals surface area contributed by atoms with Gasteiger partial charge in [0.25, 0.3) is 0 Å². The van der Waals surface area contributed by atoms with E-state index in [4.69, 9.17) is 10.5 Å². The minimum Gasteiger partial charge on any atom is -0.382 e. The lowest BCUT2D eigenvalue weighted by Crippen LogP contribution is -2.28. The molecule has 0 fully saturated rings. The molecule has 2 aromatic rings. The van der Waals surface area contributed by atoms with Gasteiger partial charge in [0.1, 0.15) is 17.9 Å². The molecule has 7 heteroatoms. The fraction of sp³-hybridized carbons (Fsp3) is 0.611. The Hall–Kier alpha value is -2.15. The first kappa shape index (κ1) is 19.2. The van der Waals surface area contributed by atoms with E-state index >= 15 is 0 Å². The maximum absolute atomic E-state index is 11.6. The van der Waals surface area contributed by atoms with E-state index in [1.807, 2.05) is 33.8 Å². The quantitative estimate of drug-likeness (QED) is 0.679. The highest BCUT2D eigenvalue weighted by molar-refractivity contribution is 5.85. The third kappa shape index (κ3) is 4.92. The topological polar surface area (TPSA) is 95.1 Å². The number of aryl methyl sites for hydroxylation is 2. The van der Waals surface area contributed by atoms with E-state index in [0.29, 0.717) is 25.6 Å². The summed E-state index contributed by atoms with van der Waals surface area (Å²) in [6, 6.07) is 2.01. The number of hydrogen-bond acceptors (Lipinski definition) is 5. The van der Waals surface area contributed by atoms with Gasteiger partial charge in [-0.2, -0.15) is 0 Å². The number of imidazole rings is 1. The molecule has 0 aliphatic carbocycles. The number of amides is 1. The Bertz CT molecular complexity index is 724. The molecular formula is C18H29N5O2. The summed E-state index contributed by atoms with van der Waals surface area (Å²) in [7, 11) is 0. The van der Waals surface area contributed by atoms with Crippen LogP contribution in [0.3, 0.4) is 0 Å². The summed E-state index contributed by atoms with van der Waals surface area (Å²) in [6.45, 7) is 10.3. The third-order valence-corrected chi connectivity index (χ3v) is 4.04. The standard InChI is InChI=1S/C18H29N5O2/c1-5-25-11-15-22-16-14(10-13(4)21-17(16)19)23(15)9-7-6-8-20-18(24)12(2)3/h10,12H,5-9,11H2,1-4H3,(H2,19,21)(H,20,24). The van der Waals surface area contributed by atoms with Crippen LogP contribution >= 0.6 is 0 Å². The van der Waals surface area contributed by atoms with Crippen LogP contribution in [0.25, 0.3) is 11.0 Å². The van der Waals surface area contributed by atoms with Gasteiger partial charge >= 0.3 is 0 Å². The van der Waals surface area contributed by atoms with E-state index in [1.54, 1.807) is 0 Å². The number of rotatable bonds is 9. The average molecular weight is 347 g/mol. The molecule has 1 amide bonds. The fourth-order valence-electron chi connectivity index (χ4n) is 2.69. The summed E-state index contributed by atoms with van der Waals surface area (Å²) in [6.07, 6.45) is 1.84. The first-order chi connectivity index (χ1) is 11.9. The summed E-state index contributed by atoms with van der Waals surface area (Å²) in [5.41, 5.74) is 8.63. The number of fused-ring (bicyclic) bond motifs is 1. The number of carbonyl (C=O) groups is 1. The molecule has 0 bridgehead atoms. The lowest BCUT2D eigenvalue weighted by Gasteiger charge is -2.11. The van der Waals surface area contributed by atoms with Crippen molar-refractivity contribution < 1.29 is 9.53 Å². The number of anilines is 1. The highest BCUT2D eigenvalue weighted by atomic mass is 16.5. The van der Waals surface area contributed by atoms with Crippen LogP contribution in [0.15, 0.2) is 6.07 Å². The monoisotopic (exact) mass is 347 g/mol. The van der Waals surface area contributed by atoms with Crippen LogP contribution in [-0.2, 0) is 22.7 Å². The van der Waals surface area contributed by atoms with Crippen LogP contribution in [0.2, 0.25) is 0 Å². The Labute approximate surface area is 149 Å². The number of nitrogen functional groups attached to an aromatic ring is 1. The molecule has 0 saturated carbocycles.